The van der Waals surface area contributed by atoms with Crippen LogP contribution in [0.2, 0.25) is 0 Å². The molecule has 0 radical (unpaired) electrons. The van der Waals surface area contributed by atoms with Gasteiger partial charge in [-0.25, -0.2) is 0 Å². The Morgan fingerprint density at radius 2 is 1.86 bits per heavy atom. The first-order valence-corrected chi connectivity index (χ1v) is 6.66. The van der Waals surface area contributed by atoms with Crippen molar-refractivity contribution in [1.82, 2.24) is 9.88 Å². The van der Waals surface area contributed by atoms with E-state index in [0.717, 1.165) is 6.07 Å². The molecule has 0 aliphatic carbocycles. The number of carbonyl (C=O) groups excluding carboxylic acids is 2. The normalized spacial score (nSPS) is 13.0. The average Bonchev–Trinajstić information content (AvgIpc) is 2.42. The van der Waals surface area contributed by atoms with Gasteiger partial charge in [-0.1, -0.05) is 13.8 Å². The number of rotatable bonds is 4. The van der Waals surface area contributed by atoms with Gasteiger partial charge in [0.05, 0.1) is 17.8 Å². The van der Waals surface area contributed by atoms with Gasteiger partial charge in [-0.3, -0.25) is 14.6 Å². The number of primary amides is 1. The van der Waals surface area contributed by atoms with Gasteiger partial charge in [0.1, 0.15) is 0 Å². The molecule has 0 aromatic carbocycles. The van der Waals surface area contributed by atoms with Crippen LogP contribution in [0.3, 0.4) is 0 Å². The zero-order chi connectivity index (χ0) is 17.1. The van der Waals surface area contributed by atoms with Crippen LogP contribution in [0.25, 0.3) is 0 Å². The minimum absolute atomic E-state index is 0.0396. The van der Waals surface area contributed by atoms with Crippen molar-refractivity contribution in [3.63, 3.8) is 0 Å². The molecule has 1 atom stereocenters. The van der Waals surface area contributed by atoms with Gasteiger partial charge >= 0.3 is 18.0 Å². The predicted molar refractivity (Wildman–Crippen MR) is 73.3 cm³/mol. The smallest absolute Gasteiger partial charge is 0.361 e. The highest BCUT2D eigenvalue weighted by atomic mass is 19.4. The van der Waals surface area contributed by atoms with Gasteiger partial charge in [-0.2, -0.15) is 13.2 Å². The predicted octanol–water partition coefficient (Wildman–Crippen LogP) is 1.96. The van der Waals surface area contributed by atoms with E-state index in [-0.39, 0.29) is 24.2 Å². The molecule has 122 valence electrons. The van der Waals surface area contributed by atoms with E-state index in [1.165, 1.54) is 11.0 Å². The van der Waals surface area contributed by atoms with E-state index in [1.54, 1.807) is 6.92 Å². The Morgan fingerprint density at radius 1 is 1.27 bits per heavy atom. The molecule has 1 aromatic rings. The summed E-state index contributed by atoms with van der Waals surface area (Å²) in [5.74, 6) is -1.96. The summed E-state index contributed by atoms with van der Waals surface area (Å²) in [6, 6.07) is 1.75. The number of pyridine rings is 1. The van der Waals surface area contributed by atoms with Gasteiger partial charge in [0.25, 0.3) is 0 Å². The van der Waals surface area contributed by atoms with Gasteiger partial charge in [-0.05, 0) is 25.0 Å². The summed E-state index contributed by atoms with van der Waals surface area (Å²) in [6.07, 6.45) is -3.78. The minimum Gasteiger partial charge on any atom is -0.361 e. The summed E-state index contributed by atoms with van der Waals surface area (Å²) < 4.78 is 37.5. The zero-order valence-electron chi connectivity index (χ0n) is 12.5. The molecule has 2 N–H and O–H groups in total. The largest absolute Gasteiger partial charge is 0.417 e. The number of halogens is 3. The SMILES string of the molecule is CC(C)C(C)N(Cc1ccc(C(F)(F)F)cn1)C(=O)C(N)=O. The van der Waals surface area contributed by atoms with Crippen molar-refractivity contribution in [2.45, 2.75) is 39.5 Å². The fourth-order valence-corrected chi connectivity index (χ4v) is 1.76. The summed E-state index contributed by atoms with van der Waals surface area (Å²) in [7, 11) is 0. The third-order valence-corrected chi connectivity index (χ3v) is 3.41. The number of amides is 2. The number of carbonyl (C=O) groups is 2. The summed E-state index contributed by atoms with van der Waals surface area (Å²) in [5.41, 5.74) is 4.38. The highest BCUT2D eigenvalue weighted by Crippen LogP contribution is 2.28. The average molecular weight is 317 g/mol. The Hall–Kier alpha value is -2.12. The third-order valence-electron chi connectivity index (χ3n) is 3.41. The number of nitrogens with zero attached hydrogens (tertiary/aromatic N) is 2. The molecule has 0 bridgehead atoms. The van der Waals surface area contributed by atoms with Crippen molar-refractivity contribution in [3.8, 4) is 0 Å². The second kappa shape index (κ2) is 6.76. The Kier molecular flexibility index (Phi) is 5.51. The molecule has 8 heteroatoms. The molecule has 1 aromatic heterocycles. The van der Waals surface area contributed by atoms with Crippen LogP contribution in [-0.2, 0) is 22.3 Å². The van der Waals surface area contributed by atoms with E-state index in [1.807, 2.05) is 13.8 Å². The lowest BCUT2D eigenvalue weighted by Crippen LogP contribution is -2.46. The van der Waals surface area contributed by atoms with Crippen molar-refractivity contribution >= 4 is 11.8 Å². The van der Waals surface area contributed by atoms with E-state index in [4.69, 9.17) is 5.73 Å². The molecule has 0 saturated carbocycles. The molecule has 22 heavy (non-hydrogen) atoms. The lowest BCUT2D eigenvalue weighted by molar-refractivity contribution is -0.146. The molecule has 0 aliphatic rings. The maximum atomic E-state index is 12.5. The molecule has 2 amide bonds. The quantitative estimate of drug-likeness (QED) is 0.863. The van der Waals surface area contributed by atoms with Crippen LogP contribution in [0.15, 0.2) is 18.3 Å². The van der Waals surface area contributed by atoms with Crippen LogP contribution in [0.4, 0.5) is 13.2 Å². The molecule has 1 unspecified atom stereocenters. The molecule has 0 saturated heterocycles. The Balaban J connectivity index is 2.99. The van der Waals surface area contributed by atoms with Crippen molar-refractivity contribution in [2.75, 3.05) is 0 Å². The maximum absolute atomic E-state index is 12.5. The Morgan fingerprint density at radius 3 is 2.23 bits per heavy atom. The van der Waals surface area contributed by atoms with Gasteiger partial charge in [0, 0.05) is 12.2 Å². The van der Waals surface area contributed by atoms with Crippen LogP contribution in [0.1, 0.15) is 32.0 Å². The van der Waals surface area contributed by atoms with Crippen LogP contribution >= 0.6 is 0 Å². The highest BCUT2D eigenvalue weighted by Gasteiger charge is 2.31. The zero-order valence-corrected chi connectivity index (χ0v) is 12.5. The maximum Gasteiger partial charge on any atom is 0.417 e. The fourth-order valence-electron chi connectivity index (χ4n) is 1.76. The first-order valence-electron chi connectivity index (χ1n) is 6.66. The summed E-state index contributed by atoms with van der Waals surface area (Å²) in [5, 5.41) is 0. The van der Waals surface area contributed by atoms with Gasteiger partial charge in [-0.15, -0.1) is 0 Å². The molecule has 0 spiro atoms. The standard InChI is InChI=1S/C14H18F3N3O2/c1-8(2)9(3)20(13(22)12(18)21)7-11-5-4-10(6-19-11)14(15,16)17/h4-6,8-9H,7H2,1-3H3,(H2,18,21). The topological polar surface area (TPSA) is 76.3 Å². The van der Waals surface area contributed by atoms with Crippen molar-refractivity contribution < 1.29 is 22.8 Å². The van der Waals surface area contributed by atoms with Gasteiger partial charge < -0.3 is 10.6 Å². The molecule has 5 nitrogen and oxygen atoms in total. The summed E-state index contributed by atoms with van der Waals surface area (Å²) in [6.45, 7) is 5.35. The second-order valence-corrected chi connectivity index (χ2v) is 5.32. The van der Waals surface area contributed by atoms with E-state index in [0.29, 0.717) is 6.20 Å². The van der Waals surface area contributed by atoms with Crippen LogP contribution in [0, 0.1) is 5.92 Å². The Bertz CT molecular complexity index is 541. The number of nitrogens with two attached hydrogens (primary N) is 1. The van der Waals surface area contributed by atoms with E-state index >= 15 is 0 Å². The number of alkyl halides is 3. The van der Waals surface area contributed by atoms with E-state index in [9.17, 15) is 22.8 Å². The van der Waals surface area contributed by atoms with Crippen LogP contribution < -0.4 is 5.73 Å². The third kappa shape index (κ3) is 4.44. The highest BCUT2D eigenvalue weighted by molar-refractivity contribution is 6.34. The lowest BCUT2D eigenvalue weighted by Gasteiger charge is -2.30. The number of hydrogen-bond acceptors (Lipinski definition) is 3. The Labute approximate surface area is 126 Å². The molecule has 1 heterocycles. The monoisotopic (exact) mass is 317 g/mol. The number of aromatic nitrogens is 1. The van der Waals surface area contributed by atoms with Gasteiger partial charge in [0.2, 0.25) is 0 Å². The first kappa shape index (κ1) is 17.9. The molecular weight excluding hydrogens is 299 g/mol. The second-order valence-electron chi connectivity index (χ2n) is 5.32. The first-order chi connectivity index (χ1) is 10.0. The number of hydrogen-bond donors (Lipinski definition) is 1. The van der Waals surface area contributed by atoms with Crippen molar-refractivity contribution in [2.24, 2.45) is 11.7 Å². The molecule has 0 fully saturated rings. The minimum atomic E-state index is -4.47. The van der Waals surface area contributed by atoms with E-state index in [2.05, 4.69) is 4.98 Å². The lowest BCUT2D eigenvalue weighted by atomic mass is 10.0. The molecule has 0 aliphatic heterocycles. The summed E-state index contributed by atoms with van der Waals surface area (Å²) >= 11 is 0. The van der Waals surface area contributed by atoms with Crippen molar-refractivity contribution in [1.29, 1.82) is 0 Å². The van der Waals surface area contributed by atoms with Gasteiger partial charge in [0.15, 0.2) is 0 Å². The summed E-state index contributed by atoms with van der Waals surface area (Å²) in [4.78, 5) is 27.9. The van der Waals surface area contributed by atoms with E-state index < -0.39 is 23.6 Å². The fraction of sp³-hybridized carbons (Fsp3) is 0.500. The van der Waals surface area contributed by atoms with Crippen LogP contribution in [0.5, 0.6) is 0 Å². The molecular formula is C14H18F3N3O2. The molecule has 1 rings (SSSR count). The van der Waals surface area contributed by atoms with Crippen molar-refractivity contribution in [3.05, 3.63) is 29.6 Å². The van der Waals surface area contributed by atoms with Crippen LogP contribution in [-0.4, -0.2) is 27.7 Å².